The van der Waals surface area contributed by atoms with E-state index in [2.05, 4.69) is 12.2 Å². The lowest BCUT2D eigenvalue weighted by Gasteiger charge is -2.20. The number of rotatable bonds is 5. The molecule has 0 heterocycles. The number of nitrogens with one attached hydrogen (secondary N) is 1. The van der Waals surface area contributed by atoms with Gasteiger partial charge in [0, 0.05) is 18.8 Å². The Labute approximate surface area is 102 Å². The number of benzene rings is 1. The molecule has 0 saturated heterocycles. The van der Waals surface area contributed by atoms with Crippen molar-refractivity contribution in [2.75, 3.05) is 25.0 Å². The van der Waals surface area contributed by atoms with Gasteiger partial charge in [0.25, 0.3) is 0 Å². The minimum Gasteiger partial charge on any atom is -0.395 e. The summed E-state index contributed by atoms with van der Waals surface area (Å²) in [6, 6.07) is 7.61. The number of carbonyl (C=O) groups is 1. The fourth-order valence-electron chi connectivity index (χ4n) is 1.60. The minimum absolute atomic E-state index is 0.0176. The van der Waals surface area contributed by atoms with E-state index < -0.39 is 0 Å². The highest BCUT2D eigenvalue weighted by Crippen LogP contribution is 2.11. The summed E-state index contributed by atoms with van der Waals surface area (Å²) in [7, 11) is 0. The van der Waals surface area contributed by atoms with Crippen LogP contribution in [0.25, 0.3) is 0 Å². The first-order valence-electron chi connectivity index (χ1n) is 5.97. The van der Waals surface area contributed by atoms with Gasteiger partial charge in [0.2, 0.25) is 0 Å². The average molecular weight is 236 g/mol. The van der Waals surface area contributed by atoms with Crippen molar-refractivity contribution in [2.45, 2.75) is 20.3 Å². The normalized spacial score (nSPS) is 10.1. The molecule has 0 unspecified atom stereocenters. The van der Waals surface area contributed by atoms with Crippen LogP contribution in [0, 0.1) is 0 Å². The third-order valence-corrected chi connectivity index (χ3v) is 2.63. The lowest BCUT2D eigenvalue weighted by molar-refractivity contribution is 0.192. The molecule has 2 amide bonds. The van der Waals surface area contributed by atoms with Crippen LogP contribution in [0.3, 0.4) is 0 Å². The van der Waals surface area contributed by atoms with Gasteiger partial charge in [0.15, 0.2) is 0 Å². The zero-order valence-corrected chi connectivity index (χ0v) is 10.4. The second kappa shape index (κ2) is 6.91. The molecule has 1 aromatic carbocycles. The highest BCUT2D eigenvalue weighted by Gasteiger charge is 2.10. The Balaban J connectivity index is 2.65. The molecule has 0 aromatic heterocycles. The van der Waals surface area contributed by atoms with Gasteiger partial charge in [-0.15, -0.1) is 0 Å². The van der Waals surface area contributed by atoms with E-state index in [-0.39, 0.29) is 12.6 Å². The highest BCUT2D eigenvalue weighted by atomic mass is 16.3. The maximum absolute atomic E-state index is 11.8. The van der Waals surface area contributed by atoms with E-state index in [0.717, 1.165) is 12.1 Å². The molecule has 1 rings (SSSR count). The predicted octanol–water partition coefficient (Wildman–Crippen LogP) is 2.10. The van der Waals surface area contributed by atoms with E-state index in [4.69, 9.17) is 5.11 Å². The van der Waals surface area contributed by atoms with Crippen LogP contribution >= 0.6 is 0 Å². The van der Waals surface area contributed by atoms with Gasteiger partial charge in [-0.1, -0.05) is 19.1 Å². The van der Waals surface area contributed by atoms with Gasteiger partial charge in [-0.2, -0.15) is 0 Å². The topological polar surface area (TPSA) is 52.6 Å². The van der Waals surface area contributed by atoms with Crippen LogP contribution < -0.4 is 5.32 Å². The lowest BCUT2D eigenvalue weighted by atomic mass is 10.1. The Bertz CT molecular complexity index is 366. The number of anilines is 1. The first-order valence-corrected chi connectivity index (χ1v) is 5.97. The zero-order chi connectivity index (χ0) is 12.7. The summed E-state index contributed by atoms with van der Waals surface area (Å²) in [5.74, 6) is 0. The number of aliphatic hydroxyl groups excluding tert-OH is 1. The van der Waals surface area contributed by atoms with Crippen molar-refractivity contribution in [3.63, 3.8) is 0 Å². The number of likely N-dealkylation sites (N-methyl/N-ethyl adjacent to an activating group) is 1. The van der Waals surface area contributed by atoms with Gasteiger partial charge in [0.05, 0.1) is 6.61 Å². The molecule has 4 nitrogen and oxygen atoms in total. The van der Waals surface area contributed by atoms with Crippen LogP contribution in [0.4, 0.5) is 10.5 Å². The monoisotopic (exact) mass is 236 g/mol. The molecular weight excluding hydrogens is 216 g/mol. The number of hydrogen-bond donors (Lipinski definition) is 2. The third-order valence-electron chi connectivity index (χ3n) is 2.63. The molecule has 0 radical (unpaired) electrons. The number of aliphatic hydroxyl groups is 1. The summed E-state index contributed by atoms with van der Waals surface area (Å²) in [4.78, 5) is 13.4. The summed E-state index contributed by atoms with van der Waals surface area (Å²) in [5, 5.41) is 11.7. The molecule has 1 aromatic rings. The van der Waals surface area contributed by atoms with Gasteiger partial charge in [-0.05, 0) is 31.0 Å². The van der Waals surface area contributed by atoms with E-state index in [1.807, 2.05) is 31.2 Å². The largest absolute Gasteiger partial charge is 0.395 e. The molecule has 0 aliphatic rings. The number of carbonyl (C=O) groups excluding carboxylic acids is 1. The number of urea groups is 1. The molecule has 4 heteroatoms. The predicted molar refractivity (Wildman–Crippen MR) is 69.2 cm³/mol. The summed E-state index contributed by atoms with van der Waals surface area (Å²) in [6.45, 7) is 4.88. The molecule has 0 bridgehead atoms. The van der Waals surface area contributed by atoms with Crippen molar-refractivity contribution in [3.8, 4) is 0 Å². The molecule has 0 spiro atoms. The second-order valence-corrected chi connectivity index (χ2v) is 3.79. The number of nitrogens with zero attached hydrogens (tertiary/aromatic N) is 1. The number of amides is 2. The van der Waals surface area contributed by atoms with Crippen molar-refractivity contribution in [3.05, 3.63) is 29.8 Å². The maximum atomic E-state index is 11.8. The van der Waals surface area contributed by atoms with Crippen LogP contribution in [0.15, 0.2) is 24.3 Å². The molecule has 0 fully saturated rings. The first-order chi connectivity index (χ1) is 8.21. The number of aryl methyl sites for hydroxylation is 1. The summed E-state index contributed by atoms with van der Waals surface area (Å²) < 4.78 is 0. The summed E-state index contributed by atoms with van der Waals surface area (Å²) in [5.41, 5.74) is 1.98. The van der Waals surface area contributed by atoms with Crippen LogP contribution in [0.2, 0.25) is 0 Å². The van der Waals surface area contributed by atoms with Gasteiger partial charge < -0.3 is 15.3 Å². The number of hydrogen-bond acceptors (Lipinski definition) is 2. The Morgan fingerprint density at radius 3 is 2.76 bits per heavy atom. The molecule has 0 atom stereocenters. The van der Waals surface area contributed by atoms with E-state index in [0.29, 0.717) is 13.1 Å². The Morgan fingerprint density at radius 1 is 1.41 bits per heavy atom. The molecule has 17 heavy (non-hydrogen) atoms. The van der Waals surface area contributed by atoms with Gasteiger partial charge in [0.1, 0.15) is 0 Å². The smallest absolute Gasteiger partial charge is 0.321 e. The van der Waals surface area contributed by atoms with Crippen LogP contribution in [0.5, 0.6) is 0 Å². The van der Waals surface area contributed by atoms with Crippen molar-refractivity contribution in [1.82, 2.24) is 4.90 Å². The molecule has 94 valence electrons. The van der Waals surface area contributed by atoms with Crippen molar-refractivity contribution >= 4 is 11.7 Å². The fourth-order valence-corrected chi connectivity index (χ4v) is 1.60. The van der Waals surface area contributed by atoms with E-state index in [1.165, 1.54) is 5.56 Å². The van der Waals surface area contributed by atoms with Gasteiger partial charge in [-0.3, -0.25) is 0 Å². The van der Waals surface area contributed by atoms with Crippen molar-refractivity contribution in [2.24, 2.45) is 0 Å². The Kier molecular flexibility index (Phi) is 5.49. The fraction of sp³-hybridized carbons (Fsp3) is 0.462. The second-order valence-electron chi connectivity index (χ2n) is 3.79. The van der Waals surface area contributed by atoms with E-state index in [9.17, 15) is 4.79 Å². The van der Waals surface area contributed by atoms with Gasteiger partial charge in [-0.25, -0.2) is 4.79 Å². The third kappa shape index (κ3) is 4.07. The standard InChI is InChI=1S/C13H20N2O2/c1-3-11-6-5-7-12(10-11)14-13(17)15(4-2)8-9-16/h5-7,10,16H,3-4,8-9H2,1-2H3,(H,14,17). The van der Waals surface area contributed by atoms with E-state index >= 15 is 0 Å². The molecule has 0 aliphatic heterocycles. The lowest BCUT2D eigenvalue weighted by Crippen LogP contribution is -2.36. The maximum Gasteiger partial charge on any atom is 0.321 e. The Morgan fingerprint density at radius 2 is 2.18 bits per heavy atom. The van der Waals surface area contributed by atoms with E-state index in [1.54, 1.807) is 4.90 Å². The summed E-state index contributed by atoms with van der Waals surface area (Å²) in [6.07, 6.45) is 0.942. The molecule has 0 aliphatic carbocycles. The van der Waals surface area contributed by atoms with Crippen LogP contribution in [-0.2, 0) is 6.42 Å². The van der Waals surface area contributed by atoms with Crippen molar-refractivity contribution < 1.29 is 9.90 Å². The van der Waals surface area contributed by atoms with Crippen LogP contribution in [-0.4, -0.2) is 35.7 Å². The molecule has 0 saturated carbocycles. The SMILES string of the molecule is CCc1cccc(NC(=O)N(CC)CCO)c1. The summed E-state index contributed by atoms with van der Waals surface area (Å²) >= 11 is 0. The molecular formula is C13H20N2O2. The Hall–Kier alpha value is -1.55. The first kappa shape index (κ1) is 13.5. The highest BCUT2D eigenvalue weighted by molar-refractivity contribution is 5.89. The quantitative estimate of drug-likeness (QED) is 0.822. The average Bonchev–Trinajstić information content (AvgIpc) is 2.36. The zero-order valence-electron chi connectivity index (χ0n) is 10.4. The van der Waals surface area contributed by atoms with Crippen molar-refractivity contribution in [1.29, 1.82) is 0 Å². The van der Waals surface area contributed by atoms with Gasteiger partial charge >= 0.3 is 6.03 Å². The molecule has 2 N–H and O–H groups in total. The minimum atomic E-state index is -0.171. The van der Waals surface area contributed by atoms with Crippen LogP contribution in [0.1, 0.15) is 19.4 Å².